The number of carbonyl (C=O) groups is 1. The third-order valence-electron chi connectivity index (χ3n) is 5.37. The molecule has 1 aromatic rings. The van der Waals surface area contributed by atoms with E-state index in [-0.39, 0.29) is 12.1 Å². The first-order valence-corrected chi connectivity index (χ1v) is 8.68. The molecule has 2 amide bonds. The van der Waals surface area contributed by atoms with Crippen molar-refractivity contribution in [1.82, 2.24) is 15.5 Å². The number of hydrogen-bond donors (Lipinski definition) is 2. The predicted octanol–water partition coefficient (Wildman–Crippen LogP) is 2.60. The molecule has 1 aliphatic heterocycles. The van der Waals surface area contributed by atoms with E-state index in [1.165, 1.54) is 24.0 Å². The van der Waals surface area contributed by atoms with Gasteiger partial charge in [0.2, 0.25) is 0 Å². The van der Waals surface area contributed by atoms with Gasteiger partial charge in [-0.1, -0.05) is 24.3 Å². The molecule has 1 saturated carbocycles. The Kier molecular flexibility index (Phi) is 3.78. The molecule has 0 radical (unpaired) electrons. The molecule has 2 fully saturated rings. The number of nitrogens with zero attached hydrogens (tertiary/aromatic N) is 1. The lowest BCUT2D eigenvalue weighted by Crippen LogP contribution is -2.48. The van der Waals surface area contributed by atoms with E-state index in [4.69, 9.17) is 0 Å². The minimum atomic E-state index is 0.00609. The maximum atomic E-state index is 12.3. The average molecular weight is 299 g/mol. The SMILES string of the molecule is O=C(NC1CCN(C2CC2)CC1)N[C@@H]1CCc2ccccc21. The summed E-state index contributed by atoms with van der Waals surface area (Å²) in [5.41, 5.74) is 2.67. The van der Waals surface area contributed by atoms with Crippen LogP contribution >= 0.6 is 0 Å². The van der Waals surface area contributed by atoms with Gasteiger partial charge >= 0.3 is 6.03 Å². The van der Waals surface area contributed by atoms with Gasteiger partial charge in [-0.05, 0) is 49.7 Å². The van der Waals surface area contributed by atoms with Gasteiger partial charge in [-0.15, -0.1) is 0 Å². The van der Waals surface area contributed by atoms with Crippen LogP contribution in [0.1, 0.15) is 49.3 Å². The van der Waals surface area contributed by atoms with Crippen LogP contribution < -0.4 is 10.6 Å². The summed E-state index contributed by atoms with van der Waals surface area (Å²) >= 11 is 0. The molecule has 1 saturated heterocycles. The van der Waals surface area contributed by atoms with Crippen LogP contribution in [0.15, 0.2) is 24.3 Å². The number of nitrogens with one attached hydrogen (secondary N) is 2. The summed E-state index contributed by atoms with van der Waals surface area (Å²) in [4.78, 5) is 14.9. The van der Waals surface area contributed by atoms with Crippen LogP contribution in [0.25, 0.3) is 0 Å². The fourth-order valence-corrected chi connectivity index (χ4v) is 3.94. The zero-order valence-electron chi connectivity index (χ0n) is 13.1. The largest absolute Gasteiger partial charge is 0.335 e. The van der Waals surface area contributed by atoms with Crippen LogP contribution in [0.4, 0.5) is 4.79 Å². The normalized spacial score (nSPS) is 25.7. The lowest BCUT2D eigenvalue weighted by Gasteiger charge is -2.32. The topological polar surface area (TPSA) is 44.4 Å². The van der Waals surface area contributed by atoms with E-state index in [1.807, 2.05) is 0 Å². The minimum absolute atomic E-state index is 0.00609. The molecule has 4 nitrogen and oxygen atoms in total. The Balaban J connectivity index is 1.27. The number of piperidine rings is 1. The number of aryl methyl sites for hydroxylation is 1. The second-order valence-electron chi connectivity index (χ2n) is 6.95. The number of benzene rings is 1. The number of rotatable bonds is 3. The van der Waals surface area contributed by atoms with E-state index >= 15 is 0 Å². The van der Waals surface area contributed by atoms with E-state index < -0.39 is 0 Å². The van der Waals surface area contributed by atoms with E-state index in [9.17, 15) is 4.79 Å². The molecule has 1 aromatic carbocycles. The van der Waals surface area contributed by atoms with Gasteiger partial charge in [-0.25, -0.2) is 4.79 Å². The molecule has 0 unspecified atom stereocenters. The molecule has 2 N–H and O–H groups in total. The first-order chi connectivity index (χ1) is 10.8. The summed E-state index contributed by atoms with van der Waals surface area (Å²) in [6.45, 7) is 2.28. The van der Waals surface area contributed by atoms with Crippen LogP contribution in [0.5, 0.6) is 0 Å². The third-order valence-corrected chi connectivity index (χ3v) is 5.37. The number of likely N-dealkylation sites (tertiary alicyclic amines) is 1. The number of carbonyl (C=O) groups excluding carboxylic acids is 1. The maximum Gasteiger partial charge on any atom is 0.315 e. The van der Waals surface area contributed by atoms with Gasteiger partial charge in [0.15, 0.2) is 0 Å². The Bertz CT molecular complexity index is 547. The van der Waals surface area contributed by atoms with Gasteiger partial charge < -0.3 is 15.5 Å². The van der Waals surface area contributed by atoms with E-state index in [2.05, 4.69) is 39.8 Å². The highest BCUT2D eigenvalue weighted by Gasteiger charge is 2.32. The number of amides is 2. The van der Waals surface area contributed by atoms with Crippen LogP contribution in [0.2, 0.25) is 0 Å². The lowest BCUT2D eigenvalue weighted by molar-refractivity contribution is 0.185. The quantitative estimate of drug-likeness (QED) is 0.901. The molecule has 0 aromatic heterocycles. The minimum Gasteiger partial charge on any atom is -0.335 e. The van der Waals surface area contributed by atoms with Crippen LogP contribution in [0, 0.1) is 0 Å². The van der Waals surface area contributed by atoms with Crippen molar-refractivity contribution in [3.05, 3.63) is 35.4 Å². The van der Waals surface area contributed by atoms with Crippen molar-refractivity contribution in [3.8, 4) is 0 Å². The second-order valence-corrected chi connectivity index (χ2v) is 6.95. The van der Waals surface area contributed by atoms with E-state index in [0.717, 1.165) is 44.8 Å². The summed E-state index contributed by atoms with van der Waals surface area (Å²) < 4.78 is 0. The third kappa shape index (κ3) is 2.98. The molecule has 4 heteroatoms. The molecule has 3 aliphatic rings. The standard InChI is InChI=1S/C18H25N3O/c22-18(19-14-9-11-21(12-10-14)15-6-7-15)20-17-8-5-13-3-1-2-4-16(13)17/h1-4,14-15,17H,5-12H2,(H2,19,20,22)/t17-/m1/s1. The predicted molar refractivity (Wildman–Crippen MR) is 86.8 cm³/mol. The molecule has 4 rings (SSSR count). The highest BCUT2D eigenvalue weighted by molar-refractivity contribution is 5.75. The zero-order chi connectivity index (χ0) is 14.9. The monoisotopic (exact) mass is 299 g/mol. The summed E-state index contributed by atoms with van der Waals surface area (Å²) in [6.07, 6.45) is 7.02. The van der Waals surface area contributed by atoms with Gasteiger partial charge in [0.05, 0.1) is 6.04 Å². The van der Waals surface area contributed by atoms with Crippen molar-refractivity contribution in [1.29, 1.82) is 0 Å². The maximum absolute atomic E-state index is 12.3. The average Bonchev–Trinajstić information content (AvgIpc) is 3.31. The number of urea groups is 1. The molecule has 1 heterocycles. The molecule has 1 atom stereocenters. The van der Waals surface area contributed by atoms with Crippen LogP contribution in [-0.4, -0.2) is 36.1 Å². The van der Waals surface area contributed by atoms with Gasteiger partial charge in [0, 0.05) is 25.2 Å². The Hall–Kier alpha value is -1.55. The van der Waals surface area contributed by atoms with Crippen molar-refractivity contribution in [2.24, 2.45) is 0 Å². The highest BCUT2D eigenvalue weighted by Crippen LogP contribution is 2.31. The zero-order valence-corrected chi connectivity index (χ0v) is 13.1. The van der Waals surface area contributed by atoms with Gasteiger partial charge in [-0.3, -0.25) is 0 Å². The summed E-state index contributed by atoms with van der Waals surface area (Å²) in [7, 11) is 0. The molecular formula is C18H25N3O. The summed E-state index contributed by atoms with van der Waals surface area (Å²) in [5.74, 6) is 0. The van der Waals surface area contributed by atoms with Crippen molar-refractivity contribution in [2.75, 3.05) is 13.1 Å². The first kappa shape index (κ1) is 14.1. The Morgan fingerprint density at radius 1 is 1.00 bits per heavy atom. The van der Waals surface area contributed by atoms with Crippen molar-refractivity contribution in [3.63, 3.8) is 0 Å². The second kappa shape index (κ2) is 5.92. The van der Waals surface area contributed by atoms with Crippen molar-refractivity contribution >= 4 is 6.03 Å². The van der Waals surface area contributed by atoms with Crippen LogP contribution in [0.3, 0.4) is 0 Å². The fraction of sp³-hybridized carbons (Fsp3) is 0.611. The molecule has 2 aliphatic carbocycles. The number of hydrogen-bond acceptors (Lipinski definition) is 2. The Labute approximate surface area is 132 Å². The van der Waals surface area contributed by atoms with E-state index in [1.54, 1.807) is 0 Å². The number of fused-ring (bicyclic) bond motifs is 1. The first-order valence-electron chi connectivity index (χ1n) is 8.68. The molecule has 22 heavy (non-hydrogen) atoms. The fourth-order valence-electron chi connectivity index (χ4n) is 3.94. The van der Waals surface area contributed by atoms with Crippen LogP contribution in [-0.2, 0) is 6.42 Å². The smallest absolute Gasteiger partial charge is 0.315 e. The molecular weight excluding hydrogens is 274 g/mol. The van der Waals surface area contributed by atoms with Gasteiger partial charge in [0.1, 0.15) is 0 Å². The lowest BCUT2D eigenvalue weighted by atomic mass is 10.1. The van der Waals surface area contributed by atoms with E-state index in [0.29, 0.717) is 6.04 Å². The molecule has 0 bridgehead atoms. The molecule has 118 valence electrons. The Morgan fingerprint density at radius 3 is 2.55 bits per heavy atom. The van der Waals surface area contributed by atoms with Crippen molar-refractivity contribution in [2.45, 2.75) is 56.7 Å². The van der Waals surface area contributed by atoms with Gasteiger partial charge in [0.25, 0.3) is 0 Å². The summed E-state index contributed by atoms with van der Waals surface area (Å²) in [5, 5.41) is 6.34. The van der Waals surface area contributed by atoms with Gasteiger partial charge in [-0.2, -0.15) is 0 Å². The highest BCUT2D eigenvalue weighted by atomic mass is 16.2. The molecule has 0 spiro atoms. The Morgan fingerprint density at radius 2 is 1.77 bits per heavy atom. The van der Waals surface area contributed by atoms with Crippen molar-refractivity contribution < 1.29 is 4.79 Å². The summed E-state index contributed by atoms with van der Waals surface area (Å²) in [6, 6.07) is 9.83.